The van der Waals surface area contributed by atoms with Crippen LogP contribution in [0.25, 0.3) is 0 Å². The minimum atomic E-state index is 0.0544. The zero-order chi connectivity index (χ0) is 13.9. The molecular formula is C16H28N2O. The SMILES string of the molecule is CNCC1(CNCC(C)(C)c2ccc(C)o2)CCC1. The monoisotopic (exact) mass is 264 g/mol. The van der Waals surface area contributed by atoms with Gasteiger partial charge in [-0.25, -0.2) is 0 Å². The van der Waals surface area contributed by atoms with Gasteiger partial charge in [-0.15, -0.1) is 0 Å². The molecule has 1 saturated carbocycles. The van der Waals surface area contributed by atoms with Crippen molar-refractivity contribution in [1.29, 1.82) is 0 Å². The Morgan fingerprint density at radius 3 is 2.47 bits per heavy atom. The molecule has 3 heteroatoms. The van der Waals surface area contributed by atoms with Gasteiger partial charge in [0.15, 0.2) is 0 Å². The van der Waals surface area contributed by atoms with Gasteiger partial charge < -0.3 is 15.1 Å². The Morgan fingerprint density at radius 2 is 2.00 bits per heavy atom. The molecular weight excluding hydrogens is 236 g/mol. The van der Waals surface area contributed by atoms with E-state index in [0.29, 0.717) is 5.41 Å². The first-order chi connectivity index (χ1) is 8.97. The highest BCUT2D eigenvalue weighted by Crippen LogP contribution is 2.39. The lowest BCUT2D eigenvalue weighted by molar-refractivity contribution is 0.127. The molecule has 0 radical (unpaired) electrons. The number of aryl methyl sites for hydroxylation is 1. The van der Waals surface area contributed by atoms with Gasteiger partial charge in [0.1, 0.15) is 11.5 Å². The van der Waals surface area contributed by atoms with Gasteiger partial charge in [-0.1, -0.05) is 20.3 Å². The fourth-order valence-corrected chi connectivity index (χ4v) is 2.99. The summed E-state index contributed by atoms with van der Waals surface area (Å²) in [5.41, 5.74) is 0.544. The predicted molar refractivity (Wildman–Crippen MR) is 79.6 cm³/mol. The summed E-state index contributed by atoms with van der Waals surface area (Å²) < 4.78 is 5.77. The maximum atomic E-state index is 5.77. The highest BCUT2D eigenvalue weighted by Gasteiger charge is 2.36. The molecule has 0 amide bonds. The summed E-state index contributed by atoms with van der Waals surface area (Å²) >= 11 is 0. The van der Waals surface area contributed by atoms with Crippen LogP contribution in [0, 0.1) is 12.3 Å². The zero-order valence-corrected chi connectivity index (χ0v) is 12.8. The lowest BCUT2D eigenvalue weighted by Crippen LogP contribution is -2.48. The van der Waals surface area contributed by atoms with E-state index in [1.54, 1.807) is 0 Å². The summed E-state index contributed by atoms with van der Waals surface area (Å²) in [6.45, 7) is 9.68. The van der Waals surface area contributed by atoms with E-state index in [1.165, 1.54) is 19.3 Å². The normalized spacial score (nSPS) is 18.3. The molecule has 0 bridgehead atoms. The molecule has 2 N–H and O–H groups in total. The molecule has 1 aliphatic rings. The highest BCUT2D eigenvalue weighted by molar-refractivity contribution is 5.15. The van der Waals surface area contributed by atoms with Gasteiger partial charge in [0.2, 0.25) is 0 Å². The third kappa shape index (κ3) is 3.40. The van der Waals surface area contributed by atoms with Crippen molar-refractivity contribution in [3.63, 3.8) is 0 Å². The minimum absolute atomic E-state index is 0.0544. The van der Waals surface area contributed by atoms with Gasteiger partial charge in [0.25, 0.3) is 0 Å². The smallest absolute Gasteiger partial charge is 0.111 e. The molecule has 1 fully saturated rings. The van der Waals surface area contributed by atoms with Crippen molar-refractivity contribution < 1.29 is 4.42 Å². The van der Waals surface area contributed by atoms with Gasteiger partial charge in [0.05, 0.1) is 0 Å². The summed E-state index contributed by atoms with van der Waals surface area (Å²) in [5, 5.41) is 7.00. The van der Waals surface area contributed by atoms with Crippen molar-refractivity contribution in [1.82, 2.24) is 10.6 Å². The molecule has 1 aromatic rings. The van der Waals surface area contributed by atoms with E-state index in [1.807, 2.05) is 13.0 Å². The van der Waals surface area contributed by atoms with Crippen LogP contribution in [0.3, 0.4) is 0 Å². The van der Waals surface area contributed by atoms with Crippen LogP contribution in [0.15, 0.2) is 16.5 Å². The predicted octanol–water partition coefficient (Wildman–Crippen LogP) is 2.84. The summed E-state index contributed by atoms with van der Waals surface area (Å²) in [6, 6.07) is 4.15. The van der Waals surface area contributed by atoms with Gasteiger partial charge in [-0.05, 0) is 44.4 Å². The molecule has 108 valence electrons. The third-order valence-electron chi connectivity index (χ3n) is 4.44. The molecule has 0 atom stereocenters. The average Bonchev–Trinajstić information content (AvgIpc) is 2.73. The van der Waals surface area contributed by atoms with Crippen LogP contribution < -0.4 is 10.6 Å². The van der Waals surface area contributed by atoms with Gasteiger partial charge >= 0.3 is 0 Å². The molecule has 3 nitrogen and oxygen atoms in total. The second-order valence-electron chi connectivity index (χ2n) is 6.78. The van der Waals surface area contributed by atoms with Crippen molar-refractivity contribution in [3.8, 4) is 0 Å². The number of nitrogens with one attached hydrogen (secondary N) is 2. The van der Waals surface area contributed by atoms with Crippen LogP contribution in [0.5, 0.6) is 0 Å². The lowest BCUT2D eigenvalue weighted by Gasteiger charge is -2.42. The topological polar surface area (TPSA) is 37.2 Å². The Morgan fingerprint density at radius 1 is 1.26 bits per heavy atom. The van der Waals surface area contributed by atoms with Gasteiger partial charge in [-0.2, -0.15) is 0 Å². The molecule has 0 saturated heterocycles. The summed E-state index contributed by atoms with van der Waals surface area (Å²) in [6.07, 6.45) is 4.08. The molecule has 1 aliphatic carbocycles. The second-order valence-corrected chi connectivity index (χ2v) is 6.78. The van der Waals surface area contributed by atoms with E-state index in [9.17, 15) is 0 Å². The lowest BCUT2D eigenvalue weighted by atomic mass is 9.68. The van der Waals surface area contributed by atoms with E-state index >= 15 is 0 Å². The standard InChI is InChI=1S/C16H28N2O/c1-13-6-7-14(19-13)15(2,3)10-18-12-16(11-17-4)8-5-9-16/h6-7,17-18H,5,8-12H2,1-4H3. The fraction of sp³-hybridized carbons (Fsp3) is 0.750. The van der Waals surface area contributed by atoms with Crippen molar-refractivity contribution in [2.45, 2.75) is 45.4 Å². The number of furan rings is 1. The fourth-order valence-electron chi connectivity index (χ4n) is 2.99. The van der Waals surface area contributed by atoms with Gasteiger partial charge in [-0.3, -0.25) is 0 Å². The maximum Gasteiger partial charge on any atom is 0.111 e. The van der Waals surface area contributed by atoms with Gasteiger partial charge in [0, 0.05) is 25.0 Å². The van der Waals surface area contributed by atoms with Crippen LogP contribution in [0.4, 0.5) is 0 Å². The summed E-state index contributed by atoms with van der Waals surface area (Å²) in [4.78, 5) is 0. The maximum absolute atomic E-state index is 5.77. The molecule has 0 aromatic carbocycles. The summed E-state index contributed by atoms with van der Waals surface area (Å²) in [5.74, 6) is 2.07. The molecule has 2 rings (SSSR count). The third-order valence-corrected chi connectivity index (χ3v) is 4.44. The second kappa shape index (κ2) is 5.68. The number of rotatable bonds is 7. The zero-order valence-electron chi connectivity index (χ0n) is 12.8. The van der Waals surface area contributed by atoms with E-state index in [2.05, 4.69) is 37.6 Å². The van der Waals surface area contributed by atoms with Crippen LogP contribution in [-0.2, 0) is 5.41 Å². The van der Waals surface area contributed by atoms with E-state index in [0.717, 1.165) is 31.2 Å². The van der Waals surface area contributed by atoms with Crippen molar-refractivity contribution in [3.05, 3.63) is 23.7 Å². The van der Waals surface area contributed by atoms with Crippen LogP contribution in [-0.4, -0.2) is 26.7 Å². The van der Waals surface area contributed by atoms with Crippen molar-refractivity contribution in [2.24, 2.45) is 5.41 Å². The van der Waals surface area contributed by atoms with E-state index in [-0.39, 0.29) is 5.41 Å². The molecule has 0 unspecified atom stereocenters. The number of hydrogen-bond acceptors (Lipinski definition) is 3. The number of hydrogen-bond donors (Lipinski definition) is 2. The molecule has 1 aromatic heterocycles. The van der Waals surface area contributed by atoms with Crippen LogP contribution >= 0.6 is 0 Å². The van der Waals surface area contributed by atoms with E-state index < -0.39 is 0 Å². The first-order valence-corrected chi connectivity index (χ1v) is 7.40. The minimum Gasteiger partial charge on any atom is -0.466 e. The largest absolute Gasteiger partial charge is 0.466 e. The molecule has 0 aliphatic heterocycles. The Balaban J connectivity index is 1.84. The molecule has 19 heavy (non-hydrogen) atoms. The van der Waals surface area contributed by atoms with Crippen molar-refractivity contribution in [2.75, 3.05) is 26.7 Å². The Labute approximate surface area is 117 Å². The van der Waals surface area contributed by atoms with Crippen molar-refractivity contribution >= 4 is 0 Å². The Bertz CT molecular complexity index is 405. The average molecular weight is 264 g/mol. The van der Waals surface area contributed by atoms with Crippen LogP contribution in [0.1, 0.15) is 44.6 Å². The highest BCUT2D eigenvalue weighted by atomic mass is 16.3. The van der Waals surface area contributed by atoms with Crippen LogP contribution in [0.2, 0.25) is 0 Å². The quantitative estimate of drug-likeness (QED) is 0.795. The molecule has 1 heterocycles. The Kier molecular flexibility index (Phi) is 4.36. The first kappa shape index (κ1) is 14.6. The Hall–Kier alpha value is -0.800. The molecule has 0 spiro atoms. The summed E-state index contributed by atoms with van der Waals surface area (Å²) in [7, 11) is 2.05. The van der Waals surface area contributed by atoms with E-state index in [4.69, 9.17) is 4.42 Å². The first-order valence-electron chi connectivity index (χ1n) is 7.40.